The Balaban J connectivity index is 1.29. The fourth-order valence-corrected chi connectivity index (χ4v) is 5.73. The van der Waals surface area contributed by atoms with Crippen molar-refractivity contribution in [3.05, 3.63) is 75.1 Å². The van der Waals surface area contributed by atoms with Crippen LogP contribution >= 0.6 is 0 Å². The number of anilines is 1. The van der Waals surface area contributed by atoms with Crippen LogP contribution in [0.15, 0.2) is 41.2 Å². The molecule has 0 saturated carbocycles. The first-order chi connectivity index (χ1) is 22.2. The molecule has 2 heterocycles. The zero-order valence-electron chi connectivity index (χ0n) is 25.8. The minimum absolute atomic E-state index is 0.0660. The van der Waals surface area contributed by atoms with E-state index >= 15 is 0 Å². The van der Waals surface area contributed by atoms with Gasteiger partial charge < -0.3 is 24.7 Å². The molecule has 0 bridgehead atoms. The van der Waals surface area contributed by atoms with Crippen molar-refractivity contribution in [3.63, 3.8) is 0 Å². The van der Waals surface area contributed by atoms with Crippen molar-refractivity contribution >= 4 is 34.4 Å². The molecular weight excluding hydrogens is 592 g/mol. The molecule has 46 heavy (non-hydrogen) atoms. The summed E-state index contributed by atoms with van der Waals surface area (Å²) in [5, 5.41) is 14.8. The van der Waals surface area contributed by atoms with Gasteiger partial charge in [-0.05, 0) is 84.1 Å². The zero-order chi connectivity index (χ0) is 32.8. The van der Waals surface area contributed by atoms with Crippen molar-refractivity contribution < 1.29 is 23.9 Å². The van der Waals surface area contributed by atoms with Gasteiger partial charge in [-0.15, -0.1) is 11.5 Å². The number of esters is 2. The number of carbonyl (C=O) groups is 3. The minimum atomic E-state index is -0.966. The highest BCUT2D eigenvalue weighted by molar-refractivity contribution is 5.97. The van der Waals surface area contributed by atoms with Crippen LogP contribution in [-0.2, 0) is 38.4 Å². The summed E-state index contributed by atoms with van der Waals surface area (Å²) in [6, 6.07) is 9.82. The van der Waals surface area contributed by atoms with Gasteiger partial charge >= 0.3 is 11.9 Å². The largest absolute Gasteiger partial charge is 0.469 e. The molecule has 5 rings (SSSR count). The Morgan fingerprint density at radius 1 is 1.20 bits per heavy atom. The number of terminal acetylenes is 1. The molecular formula is C32H34N8O6. The van der Waals surface area contributed by atoms with Crippen molar-refractivity contribution in [2.75, 3.05) is 25.7 Å². The van der Waals surface area contributed by atoms with Crippen LogP contribution in [0.5, 0.6) is 0 Å². The molecule has 2 aromatic heterocycles. The fourth-order valence-electron chi connectivity index (χ4n) is 5.73. The Hall–Kier alpha value is -5.58. The van der Waals surface area contributed by atoms with Crippen LogP contribution < -0.4 is 15.8 Å². The van der Waals surface area contributed by atoms with E-state index in [0.29, 0.717) is 34.7 Å². The summed E-state index contributed by atoms with van der Waals surface area (Å²) < 4.78 is 11.0. The normalized spacial score (nSPS) is 14.3. The molecule has 2 N–H and O–H groups in total. The number of amides is 1. The second-order valence-electron chi connectivity index (χ2n) is 10.9. The van der Waals surface area contributed by atoms with E-state index in [9.17, 15) is 19.2 Å². The Morgan fingerprint density at radius 2 is 1.98 bits per heavy atom. The van der Waals surface area contributed by atoms with Crippen molar-refractivity contribution in [2.45, 2.75) is 57.7 Å². The van der Waals surface area contributed by atoms with Gasteiger partial charge in [0, 0.05) is 17.7 Å². The maximum Gasteiger partial charge on any atom is 0.328 e. The SMILES string of the molecule is C#CCN(c1ccc(C(=O)N[C@@H](CCc2nnnn2CCC(=O)OC)C(=O)OC)cc1)C1CCc2cc3nc(C)[nH]c(=O)c3cc21. The lowest BCUT2D eigenvalue weighted by Gasteiger charge is -2.30. The summed E-state index contributed by atoms with van der Waals surface area (Å²) in [5.41, 5.74) is 3.79. The van der Waals surface area contributed by atoms with Crippen molar-refractivity contribution in [2.24, 2.45) is 0 Å². The van der Waals surface area contributed by atoms with E-state index in [2.05, 4.69) is 46.4 Å². The smallest absolute Gasteiger partial charge is 0.328 e. The molecule has 1 aliphatic carbocycles. The summed E-state index contributed by atoms with van der Waals surface area (Å²) >= 11 is 0. The van der Waals surface area contributed by atoms with E-state index in [1.165, 1.54) is 18.9 Å². The number of rotatable bonds is 12. The highest BCUT2D eigenvalue weighted by Crippen LogP contribution is 2.39. The van der Waals surface area contributed by atoms with Gasteiger partial charge in [-0.1, -0.05) is 5.92 Å². The summed E-state index contributed by atoms with van der Waals surface area (Å²) in [6.07, 6.45) is 7.89. The standard InChI is InChI=1S/C32H34N8O6/c1-5-15-39(27-12-8-21-17-26-24(18-23(21)27)31(43)34-19(2)33-26)22-9-6-20(7-10-22)30(42)35-25(32(44)46-4)11-13-28-36-37-38-40(28)16-14-29(41)45-3/h1,6-7,9-10,17-18,25,27H,8,11-16H2,2-4H3,(H,35,42)(H,33,34,43)/t25-,27?/m0/s1. The molecule has 0 fully saturated rings. The predicted octanol–water partition coefficient (Wildman–Crippen LogP) is 1.81. The van der Waals surface area contributed by atoms with Crippen molar-refractivity contribution in [1.29, 1.82) is 0 Å². The van der Waals surface area contributed by atoms with Crippen LogP contribution in [0.1, 0.15) is 58.4 Å². The molecule has 1 unspecified atom stereocenters. The van der Waals surface area contributed by atoms with E-state index in [1.54, 1.807) is 19.1 Å². The molecule has 14 heteroatoms. The number of aromatic amines is 1. The monoisotopic (exact) mass is 626 g/mol. The van der Waals surface area contributed by atoms with Gasteiger partial charge in [0.25, 0.3) is 11.5 Å². The van der Waals surface area contributed by atoms with Gasteiger partial charge in [0.15, 0.2) is 5.82 Å². The van der Waals surface area contributed by atoms with Crippen LogP contribution in [0.4, 0.5) is 5.69 Å². The molecule has 4 aromatic rings. The predicted molar refractivity (Wildman–Crippen MR) is 167 cm³/mol. The molecule has 2 atom stereocenters. The number of ether oxygens (including phenoxy) is 2. The van der Waals surface area contributed by atoms with Crippen molar-refractivity contribution in [1.82, 2.24) is 35.5 Å². The third kappa shape index (κ3) is 6.88. The van der Waals surface area contributed by atoms with Crippen molar-refractivity contribution in [3.8, 4) is 12.3 Å². The van der Waals surface area contributed by atoms with Gasteiger partial charge in [-0.2, -0.15) is 0 Å². The average molecular weight is 627 g/mol. The first-order valence-corrected chi connectivity index (χ1v) is 14.8. The lowest BCUT2D eigenvalue weighted by Crippen LogP contribution is -2.42. The molecule has 2 aromatic carbocycles. The Kier molecular flexibility index (Phi) is 9.70. The number of H-pyrrole nitrogens is 1. The maximum atomic E-state index is 13.2. The Bertz CT molecular complexity index is 1860. The number of aromatic nitrogens is 6. The quantitative estimate of drug-likeness (QED) is 0.173. The van der Waals surface area contributed by atoms with Crippen LogP contribution in [0.3, 0.4) is 0 Å². The van der Waals surface area contributed by atoms with E-state index in [1.807, 2.05) is 24.3 Å². The second-order valence-corrected chi connectivity index (χ2v) is 10.9. The molecule has 1 aliphatic rings. The number of benzene rings is 2. The Morgan fingerprint density at radius 3 is 2.70 bits per heavy atom. The highest BCUT2D eigenvalue weighted by Gasteiger charge is 2.30. The zero-order valence-corrected chi connectivity index (χ0v) is 25.8. The molecule has 0 aliphatic heterocycles. The average Bonchev–Trinajstić information content (AvgIpc) is 3.69. The number of aryl methyl sites for hydroxylation is 4. The summed E-state index contributed by atoms with van der Waals surface area (Å²) in [5.74, 6) is 2.27. The van der Waals surface area contributed by atoms with Gasteiger partial charge in [0.2, 0.25) is 0 Å². The molecule has 14 nitrogen and oxygen atoms in total. The van der Waals surface area contributed by atoms with E-state index in [0.717, 1.165) is 29.7 Å². The number of hydrogen-bond donors (Lipinski definition) is 2. The third-order valence-electron chi connectivity index (χ3n) is 8.04. The number of methoxy groups -OCH3 is 2. The second kappa shape index (κ2) is 14.0. The van der Waals surface area contributed by atoms with Crippen LogP contribution in [0, 0.1) is 19.3 Å². The maximum absolute atomic E-state index is 13.2. The summed E-state index contributed by atoms with van der Waals surface area (Å²) in [6.45, 7) is 2.29. The van der Waals surface area contributed by atoms with E-state index in [-0.39, 0.29) is 37.4 Å². The van der Waals surface area contributed by atoms with E-state index < -0.39 is 23.9 Å². The number of nitrogens with one attached hydrogen (secondary N) is 2. The molecule has 0 saturated heterocycles. The number of carbonyl (C=O) groups excluding carboxylic acids is 3. The third-order valence-corrected chi connectivity index (χ3v) is 8.04. The number of tetrazole rings is 1. The lowest BCUT2D eigenvalue weighted by molar-refractivity contribution is -0.143. The first-order valence-electron chi connectivity index (χ1n) is 14.8. The van der Waals surface area contributed by atoms with Gasteiger partial charge in [-0.3, -0.25) is 14.4 Å². The topological polar surface area (TPSA) is 174 Å². The summed E-state index contributed by atoms with van der Waals surface area (Å²) in [4.78, 5) is 59.3. The molecule has 1 amide bonds. The number of hydrogen-bond acceptors (Lipinski definition) is 11. The molecule has 0 spiro atoms. The molecule has 0 radical (unpaired) electrons. The van der Waals surface area contributed by atoms with Gasteiger partial charge in [0.05, 0.1) is 50.7 Å². The van der Waals surface area contributed by atoms with Gasteiger partial charge in [0.1, 0.15) is 11.9 Å². The minimum Gasteiger partial charge on any atom is -0.469 e. The number of fused-ring (bicyclic) bond motifs is 2. The Labute approximate surface area is 264 Å². The first kappa shape index (κ1) is 31.8. The van der Waals surface area contributed by atoms with Gasteiger partial charge in [-0.25, -0.2) is 14.5 Å². The van der Waals surface area contributed by atoms with E-state index in [4.69, 9.17) is 11.2 Å². The van der Waals surface area contributed by atoms with Crippen LogP contribution in [0.25, 0.3) is 10.9 Å². The van der Waals surface area contributed by atoms with Crippen LogP contribution in [-0.4, -0.2) is 74.8 Å². The summed E-state index contributed by atoms with van der Waals surface area (Å²) in [7, 11) is 2.54. The lowest BCUT2D eigenvalue weighted by atomic mass is 10.0. The highest BCUT2D eigenvalue weighted by atomic mass is 16.5. The molecule has 238 valence electrons. The van der Waals surface area contributed by atoms with Crippen LogP contribution in [0.2, 0.25) is 0 Å². The number of nitrogens with zero attached hydrogens (tertiary/aromatic N) is 6. The fraction of sp³-hybridized carbons (Fsp3) is 0.375.